The summed E-state index contributed by atoms with van der Waals surface area (Å²) in [4.78, 5) is 23.3. The fourth-order valence-electron chi connectivity index (χ4n) is 2.67. The first kappa shape index (κ1) is 16.6. The third-order valence-electron chi connectivity index (χ3n) is 3.98. The fraction of sp³-hybridized carbons (Fsp3) is 0.467. The van der Waals surface area contributed by atoms with Crippen LogP contribution in [0.25, 0.3) is 0 Å². The van der Waals surface area contributed by atoms with Gasteiger partial charge in [0.15, 0.2) is 0 Å². The zero-order valence-electron chi connectivity index (χ0n) is 13.1. The Bertz CT molecular complexity index is 651. The molecule has 0 amide bonds. The number of esters is 1. The van der Waals surface area contributed by atoms with E-state index in [1.807, 2.05) is 0 Å². The Kier molecular flexibility index (Phi) is 4.89. The monoisotopic (exact) mass is 338 g/mol. The molecular weight excluding hydrogens is 322 g/mol. The van der Waals surface area contributed by atoms with Gasteiger partial charge in [-0.25, -0.2) is 14.0 Å². The number of hydrogen-bond donors (Lipinski definition) is 0. The second-order valence-corrected chi connectivity index (χ2v) is 5.54. The van der Waals surface area contributed by atoms with Crippen molar-refractivity contribution >= 4 is 19.6 Å². The topological polar surface area (TPSA) is 80.3 Å². The molecule has 0 bridgehead atoms. The number of halogens is 1. The number of benzene rings is 1. The number of ether oxygens (including phenoxy) is 4. The van der Waals surface area contributed by atoms with Crippen LogP contribution in [0.1, 0.15) is 28.3 Å². The summed E-state index contributed by atoms with van der Waals surface area (Å²) in [7, 11) is 1.92. The Morgan fingerprint density at radius 1 is 1.29 bits per heavy atom. The van der Waals surface area contributed by atoms with E-state index in [2.05, 4.69) is 9.47 Å². The minimum atomic E-state index is -1.01. The zero-order valence-corrected chi connectivity index (χ0v) is 13.1. The van der Waals surface area contributed by atoms with Crippen LogP contribution in [0, 0.1) is 5.82 Å². The molecule has 1 aromatic rings. The van der Waals surface area contributed by atoms with Gasteiger partial charge in [0.2, 0.25) is 6.79 Å². The molecule has 2 unspecified atom stereocenters. The largest absolute Gasteiger partial charge is 0.563 e. The van der Waals surface area contributed by atoms with Crippen LogP contribution in [-0.2, 0) is 18.9 Å². The van der Waals surface area contributed by atoms with Crippen molar-refractivity contribution in [3.63, 3.8) is 0 Å². The van der Waals surface area contributed by atoms with E-state index in [-0.39, 0.29) is 24.5 Å². The molecule has 0 saturated heterocycles. The molecule has 1 aromatic carbocycles. The second kappa shape index (κ2) is 7.08. The van der Waals surface area contributed by atoms with E-state index < -0.39 is 24.7 Å². The van der Waals surface area contributed by atoms with Gasteiger partial charge < -0.3 is 23.6 Å². The number of rotatable bonds is 6. The van der Waals surface area contributed by atoms with E-state index in [9.17, 15) is 14.0 Å². The predicted molar refractivity (Wildman–Crippen MR) is 79.9 cm³/mol. The first-order chi connectivity index (χ1) is 11.6. The molecule has 0 spiro atoms. The molecule has 9 heteroatoms. The fourth-order valence-corrected chi connectivity index (χ4v) is 2.67. The first-order valence-corrected chi connectivity index (χ1v) is 7.52. The smallest absolute Gasteiger partial charge is 0.511 e. The maximum absolute atomic E-state index is 14.0. The van der Waals surface area contributed by atoms with Crippen LogP contribution in [0.4, 0.5) is 9.18 Å². The lowest BCUT2D eigenvalue weighted by Gasteiger charge is -2.19. The quantitative estimate of drug-likeness (QED) is 0.338. The van der Waals surface area contributed by atoms with E-state index >= 15 is 0 Å². The van der Waals surface area contributed by atoms with Crippen LogP contribution < -0.4 is 4.65 Å². The molecule has 128 valence electrons. The molecule has 0 radical (unpaired) electrons. The number of fused-ring (bicyclic) bond motifs is 3. The van der Waals surface area contributed by atoms with E-state index in [1.165, 1.54) is 13.2 Å². The van der Waals surface area contributed by atoms with Crippen LogP contribution in [0.15, 0.2) is 12.1 Å². The SMILES string of the molecule is COCCOC(=O)OCOC(=O)c1c(F)ccc2c1OBC1CC21. The van der Waals surface area contributed by atoms with Gasteiger partial charge in [-0.3, -0.25) is 0 Å². The zero-order chi connectivity index (χ0) is 17.1. The van der Waals surface area contributed by atoms with Gasteiger partial charge in [0, 0.05) is 7.11 Å². The Morgan fingerprint density at radius 2 is 2.12 bits per heavy atom. The Labute approximate surface area is 138 Å². The number of hydrogen-bond acceptors (Lipinski definition) is 7. The van der Waals surface area contributed by atoms with Gasteiger partial charge >= 0.3 is 19.6 Å². The Balaban J connectivity index is 1.58. The molecular formula is C15H16BFO7. The van der Waals surface area contributed by atoms with Crippen molar-refractivity contribution in [2.45, 2.75) is 18.2 Å². The van der Waals surface area contributed by atoms with Crippen LogP contribution in [-0.4, -0.2) is 46.7 Å². The van der Waals surface area contributed by atoms with Crippen molar-refractivity contribution < 1.29 is 37.6 Å². The highest BCUT2D eigenvalue weighted by Crippen LogP contribution is 2.58. The van der Waals surface area contributed by atoms with Gasteiger partial charge in [-0.1, -0.05) is 6.07 Å². The standard InChI is InChI=1S/C15H16BFO7/c1-20-4-5-21-15(19)23-7-22-14(18)12-11(17)3-2-8-9-6-10(9)16-24-13(8)12/h2-3,9-10,16H,4-7H2,1H3. The Hall–Kier alpha value is -2.29. The summed E-state index contributed by atoms with van der Waals surface area (Å²) >= 11 is 0. The summed E-state index contributed by atoms with van der Waals surface area (Å²) in [6, 6.07) is 2.86. The molecule has 3 rings (SSSR count). The number of carbonyl (C=O) groups is 2. The van der Waals surface area contributed by atoms with Gasteiger partial charge in [-0.15, -0.1) is 0 Å². The molecule has 1 heterocycles. The molecule has 1 aliphatic heterocycles. The molecule has 1 aliphatic carbocycles. The lowest BCUT2D eigenvalue weighted by Crippen LogP contribution is -2.19. The molecule has 2 atom stereocenters. The summed E-state index contributed by atoms with van der Waals surface area (Å²) in [5.41, 5.74) is 0.550. The van der Waals surface area contributed by atoms with Crippen molar-refractivity contribution in [1.82, 2.24) is 0 Å². The van der Waals surface area contributed by atoms with E-state index in [0.717, 1.165) is 12.0 Å². The van der Waals surface area contributed by atoms with E-state index in [1.54, 1.807) is 6.07 Å². The maximum Gasteiger partial charge on any atom is 0.511 e. The van der Waals surface area contributed by atoms with Crippen molar-refractivity contribution in [1.29, 1.82) is 0 Å². The van der Waals surface area contributed by atoms with E-state index in [4.69, 9.17) is 14.1 Å². The first-order valence-electron chi connectivity index (χ1n) is 7.52. The Morgan fingerprint density at radius 3 is 2.92 bits per heavy atom. The third kappa shape index (κ3) is 3.45. The second-order valence-electron chi connectivity index (χ2n) is 5.54. The third-order valence-corrected chi connectivity index (χ3v) is 3.98. The minimum Gasteiger partial charge on any atom is -0.563 e. The van der Waals surface area contributed by atoms with Gasteiger partial charge in [0.1, 0.15) is 23.7 Å². The van der Waals surface area contributed by atoms with Crippen LogP contribution in [0.5, 0.6) is 5.75 Å². The van der Waals surface area contributed by atoms with Crippen molar-refractivity contribution in [2.75, 3.05) is 27.1 Å². The molecule has 0 N–H and O–H groups in total. The van der Waals surface area contributed by atoms with Gasteiger partial charge in [0.05, 0.1) is 6.61 Å². The molecule has 1 fully saturated rings. The summed E-state index contributed by atoms with van der Waals surface area (Å²) in [5.74, 6) is -0.708. The maximum atomic E-state index is 14.0. The van der Waals surface area contributed by atoms with Crippen molar-refractivity contribution in [2.24, 2.45) is 0 Å². The van der Waals surface area contributed by atoms with Crippen molar-refractivity contribution in [3.05, 3.63) is 29.1 Å². The lowest BCUT2D eigenvalue weighted by atomic mass is 9.84. The highest BCUT2D eigenvalue weighted by atomic mass is 19.1. The average molecular weight is 338 g/mol. The number of carbonyl (C=O) groups excluding carboxylic acids is 2. The molecule has 1 saturated carbocycles. The number of methoxy groups -OCH3 is 1. The van der Waals surface area contributed by atoms with Gasteiger partial charge in [-0.2, -0.15) is 0 Å². The molecule has 0 aromatic heterocycles. The summed E-state index contributed by atoms with van der Waals surface area (Å²) in [6.45, 7) is -0.448. The normalized spacial score (nSPS) is 19.9. The van der Waals surface area contributed by atoms with E-state index in [0.29, 0.717) is 19.2 Å². The predicted octanol–water partition coefficient (Wildman–Crippen LogP) is 1.76. The summed E-state index contributed by atoms with van der Waals surface area (Å²) in [5, 5.41) is 0. The summed E-state index contributed by atoms with van der Waals surface area (Å²) in [6.07, 6.45) is -0.0312. The molecule has 7 nitrogen and oxygen atoms in total. The highest BCUT2D eigenvalue weighted by Gasteiger charge is 2.46. The van der Waals surface area contributed by atoms with Crippen LogP contribution in [0.2, 0.25) is 5.82 Å². The van der Waals surface area contributed by atoms with Crippen LogP contribution in [0.3, 0.4) is 0 Å². The highest BCUT2D eigenvalue weighted by molar-refractivity contribution is 6.34. The minimum absolute atomic E-state index is 0.0144. The van der Waals surface area contributed by atoms with Gasteiger partial charge in [-0.05, 0) is 29.8 Å². The van der Waals surface area contributed by atoms with Crippen LogP contribution >= 0.6 is 0 Å². The average Bonchev–Trinajstić information content (AvgIpc) is 3.34. The molecule has 24 heavy (non-hydrogen) atoms. The lowest BCUT2D eigenvalue weighted by molar-refractivity contribution is -0.0317. The van der Waals surface area contributed by atoms with Gasteiger partial charge in [0.25, 0.3) is 0 Å². The molecule has 2 aliphatic rings. The summed E-state index contributed by atoms with van der Waals surface area (Å²) < 4.78 is 38.2. The van der Waals surface area contributed by atoms with Crippen molar-refractivity contribution in [3.8, 4) is 5.75 Å².